The summed E-state index contributed by atoms with van der Waals surface area (Å²) in [5, 5.41) is 13.0. The first-order chi connectivity index (χ1) is 8.51. The molecule has 0 aromatic carbocycles. The second-order valence-corrected chi connectivity index (χ2v) is 5.12. The number of hydrogen-bond donors (Lipinski definition) is 2. The number of halogens is 1. The van der Waals surface area contributed by atoms with Crippen LogP contribution in [0, 0.1) is 0 Å². The first-order valence-corrected chi connectivity index (χ1v) is 6.96. The number of aliphatic hydroxyl groups is 1. The number of rotatable bonds is 6. The number of nitrogens with zero attached hydrogens (tertiary/aromatic N) is 1. The Labute approximate surface area is 116 Å². The molecule has 0 radical (unpaired) electrons. The van der Waals surface area contributed by atoms with Crippen molar-refractivity contribution in [1.29, 1.82) is 0 Å². The smallest absolute Gasteiger partial charge is 0.256 e. The molecule has 0 spiro atoms. The predicted octanol–water partition coefficient (Wildman–Crippen LogP) is 3.11. The van der Waals surface area contributed by atoms with Crippen LogP contribution in [-0.4, -0.2) is 21.6 Å². The van der Waals surface area contributed by atoms with Crippen LogP contribution in [0.15, 0.2) is 22.9 Å². The molecule has 1 amide bonds. The van der Waals surface area contributed by atoms with Crippen LogP contribution in [0.4, 0.5) is 5.69 Å². The Hall–Kier alpha value is -0.940. The first-order valence-electron chi connectivity index (χ1n) is 6.17. The molecule has 1 aromatic heterocycles. The molecule has 4 nitrogen and oxygen atoms in total. The van der Waals surface area contributed by atoms with Crippen molar-refractivity contribution in [2.24, 2.45) is 0 Å². The van der Waals surface area contributed by atoms with Crippen LogP contribution in [-0.2, 0) is 4.79 Å². The first kappa shape index (κ1) is 15.1. The van der Waals surface area contributed by atoms with Crippen LogP contribution >= 0.6 is 15.9 Å². The van der Waals surface area contributed by atoms with E-state index in [1.807, 2.05) is 13.8 Å². The van der Waals surface area contributed by atoms with Gasteiger partial charge >= 0.3 is 0 Å². The summed E-state index contributed by atoms with van der Waals surface area (Å²) in [6, 6.07) is 3.40. The van der Waals surface area contributed by atoms with E-state index in [2.05, 4.69) is 26.2 Å². The Morgan fingerprint density at radius 1 is 1.56 bits per heavy atom. The fourth-order valence-corrected chi connectivity index (χ4v) is 2.01. The largest absolute Gasteiger partial charge is 0.380 e. The van der Waals surface area contributed by atoms with E-state index in [-0.39, 0.29) is 5.91 Å². The molecule has 18 heavy (non-hydrogen) atoms. The van der Waals surface area contributed by atoms with Gasteiger partial charge in [-0.25, -0.2) is 4.98 Å². The van der Waals surface area contributed by atoms with E-state index in [4.69, 9.17) is 0 Å². The van der Waals surface area contributed by atoms with Crippen LogP contribution in [0.1, 0.15) is 39.5 Å². The highest BCUT2D eigenvalue weighted by atomic mass is 79.9. The maximum absolute atomic E-state index is 12.1. The minimum absolute atomic E-state index is 0.350. The third-order valence-electron chi connectivity index (χ3n) is 2.94. The SMILES string of the molecule is CCCCC(O)(CC)C(=O)Nc1ccnc(Br)c1. The molecule has 0 aliphatic rings. The van der Waals surface area contributed by atoms with Crippen molar-refractivity contribution >= 4 is 27.5 Å². The minimum Gasteiger partial charge on any atom is -0.380 e. The Balaban J connectivity index is 2.73. The van der Waals surface area contributed by atoms with E-state index in [1.165, 1.54) is 0 Å². The van der Waals surface area contributed by atoms with Gasteiger partial charge in [-0.2, -0.15) is 0 Å². The van der Waals surface area contributed by atoms with Crippen LogP contribution in [0.3, 0.4) is 0 Å². The molecule has 5 heteroatoms. The molecule has 2 N–H and O–H groups in total. The number of hydrogen-bond acceptors (Lipinski definition) is 3. The number of nitrogens with one attached hydrogen (secondary N) is 1. The third kappa shape index (κ3) is 4.07. The van der Waals surface area contributed by atoms with Gasteiger partial charge < -0.3 is 10.4 Å². The molecular weight excluding hydrogens is 296 g/mol. The Kier molecular flexibility index (Phi) is 5.75. The van der Waals surface area contributed by atoms with Gasteiger partial charge in [0, 0.05) is 11.9 Å². The molecule has 0 saturated carbocycles. The van der Waals surface area contributed by atoms with Crippen molar-refractivity contribution < 1.29 is 9.90 Å². The van der Waals surface area contributed by atoms with Gasteiger partial charge in [0.15, 0.2) is 0 Å². The van der Waals surface area contributed by atoms with Gasteiger partial charge in [-0.3, -0.25) is 4.79 Å². The Morgan fingerprint density at radius 2 is 2.28 bits per heavy atom. The number of unbranched alkanes of at least 4 members (excludes halogenated alkanes) is 1. The van der Waals surface area contributed by atoms with E-state index >= 15 is 0 Å². The predicted molar refractivity (Wildman–Crippen MR) is 75.3 cm³/mol. The monoisotopic (exact) mass is 314 g/mol. The average molecular weight is 315 g/mol. The van der Waals surface area contributed by atoms with Crippen LogP contribution in [0.2, 0.25) is 0 Å². The number of amides is 1. The van der Waals surface area contributed by atoms with Crippen molar-refractivity contribution in [2.75, 3.05) is 5.32 Å². The summed E-state index contributed by atoms with van der Waals surface area (Å²) in [5.74, 6) is -0.350. The number of aromatic nitrogens is 1. The van der Waals surface area contributed by atoms with Gasteiger partial charge in [0.1, 0.15) is 10.2 Å². The topological polar surface area (TPSA) is 62.2 Å². The summed E-state index contributed by atoms with van der Waals surface area (Å²) in [6.07, 6.45) is 4.27. The van der Waals surface area contributed by atoms with Gasteiger partial charge in [-0.05, 0) is 40.9 Å². The zero-order chi connectivity index (χ0) is 13.6. The number of anilines is 1. The molecule has 100 valence electrons. The van der Waals surface area contributed by atoms with Gasteiger partial charge in [0.25, 0.3) is 5.91 Å². The molecule has 0 aliphatic heterocycles. The van der Waals surface area contributed by atoms with Gasteiger partial charge in [0.05, 0.1) is 0 Å². The van der Waals surface area contributed by atoms with Crippen molar-refractivity contribution in [3.63, 3.8) is 0 Å². The Morgan fingerprint density at radius 3 is 2.83 bits per heavy atom. The fourth-order valence-electron chi connectivity index (χ4n) is 1.65. The van der Waals surface area contributed by atoms with E-state index in [0.717, 1.165) is 12.8 Å². The molecule has 1 aromatic rings. The minimum atomic E-state index is -1.29. The van der Waals surface area contributed by atoms with Crippen LogP contribution in [0.25, 0.3) is 0 Å². The Bertz CT molecular complexity index is 412. The molecule has 1 heterocycles. The van der Waals surface area contributed by atoms with Crippen molar-refractivity contribution in [3.05, 3.63) is 22.9 Å². The highest BCUT2D eigenvalue weighted by molar-refractivity contribution is 9.10. The van der Waals surface area contributed by atoms with E-state index in [1.54, 1.807) is 18.3 Å². The molecule has 1 rings (SSSR count). The second kappa shape index (κ2) is 6.85. The van der Waals surface area contributed by atoms with Gasteiger partial charge in [0.2, 0.25) is 0 Å². The van der Waals surface area contributed by atoms with Crippen LogP contribution < -0.4 is 5.32 Å². The maximum Gasteiger partial charge on any atom is 0.256 e. The van der Waals surface area contributed by atoms with E-state index in [0.29, 0.717) is 23.1 Å². The summed E-state index contributed by atoms with van der Waals surface area (Å²) < 4.78 is 0.647. The lowest BCUT2D eigenvalue weighted by Crippen LogP contribution is -2.42. The summed E-state index contributed by atoms with van der Waals surface area (Å²) in [6.45, 7) is 3.85. The zero-order valence-electron chi connectivity index (χ0n) is 10.7. The summed E-state index contributed by atoms with van der Waals surface area (Å²) in [4.78, 5) is 16.1. The third-order valence-corrected chi connectivity index (χ3v) is 3.37. The molecule has 0 fully saturated rings. The highest BCUT2D eigenvalue weighted by Crippen LogP contribution is 2.21. The van der Waals surface area contributed by atoms with Crippen molar-refractivity contribution in [2.45, 2.75) is 45.1 Å². The second-order valence-electron chi connectivity index (χ2n) is 4.31. The molecule has 0 bridgehead atoms. The molecular formula is C13H19BrN2O2. The van der Waals surface area contributed by atoms with Crippen molar-refractivity contribution in [3.8, 4) is 0 Å². The number of carbonyl (C=O) groups is 1. The molecule has 0 aliphatic carbocycles. The quantitative estimate of drug-likeness (QED) is 0.793. The standard InChI is InChI=1S/C13H19BrN2O2/c1-3-5-7-13(18,4-2)12(17)16-10-6-8-15-11(14)9-10/h6,8-9,18H,3-5,7H2,1-2H3,(H,15,16,17). The molecule has 0 saturated heterocycles. The lowest BCUT2D eigenvalue weighted by atomic mass is 9.93. The summed E-state index contributed by atoms with van der Waals surface area (Å²) >= 11 is 3.24. The lowest BCUT2D eigenvalue weighted by Gasteiger charge is -2.25. The zero-order valence-corrected chi connectivity index (χ0v) is 12.3. The average Bonchev–Trinajstić information content (AvgIpc) is 2.36. The van der Waals surface area contributed by atoms with Gasteiger partial charge in [-0.15, -0.1) is 0 Å². The maximum atomic E-state index is 12.1. The summed E-state index contributed by atoms with van der Waals surface area (Å²) in [7, 11) is 0. The molecule has 1 unspecified atom stereocenters. The normalized spacial score (nSPS) is 14.0. The lowest BCUT2D eigenvalue weighted by molar-refractivity contribution is -0.135. The highest BCUT2D eigenvalue weighted by Gasteiger charge is 2.33. The number of pyridine rings is 1. The fraction of sp³-hybridized carbons (Fsp3) is 0.538. The summed E-state index contributed by atoms with van der Waals surface area (Å²) in [5.41, 5.74) is -0.656. The van der Waals surface area contributed by atoms with Gasteiger partial charge in [-0.1, -0.05) is 26.7 Å². The van der Waals surface area contributed by atoms with Crippen LogP contribution in [0.5, 0.6) is 0 Å². The number of carbonyl (C=O) groups excluding carboxylic acids is 1. The van der Waals surface area contributed by atoms with Crippen molar-refractivity contribution in [1.82, 2.24) is 4.98 Å². The van der Waals surface area contributed by atoms with E-state index in [9.17, 15) is 9.90 Å². The van der Waals surface area contributed by atoms with E-state index < -0.39 is 5.60 Å². The molecule has 1 atom stereocenters.